The third-order valence-electron chi connectivity index (χ3n) is 2.65. The molecule has 0 heterocycles. The number of urea groups is 1. The maximum Gasteiger partial charge on any atom is 0.326 e. The number of carbonyl (C=O) groups is 2. The van der Waals surface area contributed by atoms with E-state index in [1.807, 2.05) is 0 Å². The molecular formula is C11H23N3O6S. The fraction of sp³-hybridized carbons (Fsp3) is 0.818. The normalized spacial score (nSPS) is 13.0. The monoisotopic (exact) mass is 325 g/mol. The summed E-state index contributed by atoms with van der Waals surface area (Å²) in [6.45, 7) is 0.297. The van der Waals surface area contributed by atoms with E-state index in [1.165, 1.54) is 21.2 Å². The molecule has 0 rings (SSSR count). The Labute approximate surface area is 124 Å². The molecule has 3 N–H and O–H groups in total. The van der Waals surface area contributed by atoms with E-state index in [1.54, 1.807) is 0 Å². The highest BCUT2D eigenvalue weighted by Gasteiger charge is 2.20. The van der Waals surface area contributed by atoms with E-state index in [-0.39, 0.29) is 18.7 Å². The molecule has 9 nitrogen and oxygen atoms in total. The number of sulfonamides is 1. The quantitative estimate of drug-likeness (QED) is 0.445. The lowest BCUT2D eigenvalue weighted by molar-refractivity contribution is -0.139. The molecule has 0 saturated heterocycles. The van der Waals surface area contributed by atoms with Crippen LogP contribution in [0, 0.1) is 0 Å². The fourth-order valence-electron chi connectivity index (χ4n) is 1.37. The van der Waals surface area contributed by atoms with E-state index < -0.39 is 28.1 Å². The van der Waals surface area contributed by atoms with Crippen molar-refractivity contribution in [2.24, 2.45) is 0 Å². The molecule has 0 saturated carbocycles. The van der Waals surface area contributed by atoms with Crippen LogP contribution in [0.2, 0.25) is 0 Å². The maximum atomic E-state index is 11.5. The highest BCUT2D eigenvalue weighted by Crippen LogP contribution is 1.98. The number of methoxy groups -OCH3 is 1. The fourth-order valence-corrected chi connectivity index (χ4v) is 2.10. The minimum atomic E-state index is -3.40. The molecule has 21 heavy (non-hydrogen) atoms. The second-order valence-electron chi connectivity index (χ2n) is 4.52. The van der Waals surface area contributed by atoms with Gasteiger partial charge in [-0.3, -0.25) is 0 Å². The number of amides is 2. The van der Waals surface area contributed by atoms with E-state index >= 15 is 0 Å². The molecule has 0 aromatic rings. The molecule has 1 unspecified atom stereocenters. The summed E-state index contributed by atoms with van der Waals surface area (Å²) in [5.74, 6) is -1.41. The Morgan fingerprint density at radius 1 is 1.33 bits per heavy atom. The number of aliphatic carboxylic acids is 1. The van der Waals surface area contributed by atoms with Gasteiger partial charge in [0.2, 0.25) is 10.0 Å². The number of carbonyl (C=O) groups excluding carboxylic acids is 1. The Bertz CT molecular complexity index is 437. The van der Waals surface area contributed by atoms with Gasteiger partial charge < -0.3 is 20.5 Å². The van der Waals surface area contributed by atoms with E-state index in [0.717, 1.165) is 4.31 Å². The van der Waals surface area contributed by atoms with Crippen LogP contribution in [-0.4, -0.2) is 76.0 Å². The summed E-state index contributed by atoms with van der Waals surface area (Å²) >= 11 is 0. The number of ether oxygens (including phenoxy) is 1. The number of nitrogens with one attached hydrogen (secondary N) is 2. The van der Waals surface area contributed by atoms with Crippen LogP contribution in [0.3, 0.4) is 0 Å². The standard InChI is InChI=1S/C11H23N3O6S/c1-14(2)21(18,19)8-6-12-11(17)13-9(10(15)16)5-4-7-20-3/h9H,4-8H2,1-3H3,(H,15,16)(H2,12,13,17). The summed E-state index contributed by atoms with van der Waals surface area (Å²) in [5, 5.41) is 13.6. The molecule has 2 amide bonds. The van der Waals surface area contributed by atoms with Crippen LogP contribution in [0.25, 0.3) is 0 Å². The second kappa shape index (κ2) is 9.53. The van der Waals surface area contributed by atoms with E-state index in [0.29, 0.717) is 13.0 Å². The van der Waals surface area contributed by atoms with Crippen LogP contribution < -0.4 is 10.6 Å². The summed E-state index contributed by atoms with van der Waals surface area (Å²) in [4.78, 5) is 22.5. The Hall–Kier alpha value is -1.39. The maximum absolute atomic E-state index is 11.5. The third-order valence-corrected chi connectivity index (χ3v) is 4.48. The molecule has 0 bridgehead atoms. The van der Waals surface area contributed by atoms with E-state index in [9.17, 15) is 18.0 Å². The average molecular weight is 325 g/mol. The Morgan fingerprint density at radius 3 is 2.43 bits per heavy atom. The van der Waals surface area contributed by atoms with Gasteiger partial charge in [-0.1, -0.05) is 0 Å². The van der Waals surface area contributed by atoms with Crippen LogP contribution in [0.1, 0.15) is 12.8 Å². The van der Waals surface area contributed by atoms with Gasteiger partial charge in [0.05, 0.1) is 5.75 Å². The van der Waals surface area contributed by atoms with Gasteiger partial charge in [-0.25, -0.2) is 22.3 Å². The molecule has 0 aliphatic heterocycles. The minimum Gasteiger partial charge on any atom is -0.480 e. The summed E-state index contributed by atoms with van der Waals surface area (Å²) in [5.41, 5.74) is 0. The second-order valence-corrected chi connectivity index (χ2v) is 6.83. The Kier molecular flexibility index (Phi) is 8.90. The topological polar surface area (TPSA) is 125 Å². The molecule has 0 spiro atoms. The molecule has 0 radical (unpaired) electrons. The van der Waals surface area contributed by atoms with Crippen molar-refractivity contribution in [2.45, 2.75) is 18.9 Å². The van der Waals surface area contributed by atoms with Crippen molar-refractivity contribution in [2.75, 3.05) is 40.1 Å². The van der Waals surface area contributed by atoms with Gasteiger partial charge in [-0.05, 0) is 12.8 Å². The summed E-state index contributed by atoms with van der Waals surface area (Å²) in [6.07, 6.45) is 0.718. The van der Waals surface area contributed by atoms with Gasteiger partial charge in [-0.15, -0.1) is 0 Å². The van der Waals surface area contributed by atoms with Crippen LogP contribution in [0.5, 0.6) is 0 Å². The van der Waals surface area contributed by atoms with Crippen LogP contribution in [-0.2, 0) is 19.6 Å². The molecule has 124 valence electrons. The van der Waals surface area contributed by atoms with Crippen LogP contribution >= 0.6 is 0 Å². The summed E-state index contributed by atoms with van der Waals surface area (Å²) in [7, 11) is 0.892. The van der Waals surface area contributed by atoms with Gasteiger partial charge in [0.15, 0.2) is 0 Å². The molecule has 0 aliphatic rings. The molecule has 0 aromatic carbocycles. The zero-order valence-electron chi connectivity index (χ0n) is 12.5. The van der Waals surface area contributed by atoms with Crippen molar-refractivity contribution >= 4 is 22.0 Å². The lowest BCUT2D eigenvalue weighted by Crippen LogP contribution is -2.47. The van der Waals surface area contributed by atoms with Gasteiger partial charge in [-0.2, -0.15) is 0 Å². The molecule has 10 heteroatoms. The van der Waals surface area contributed by atoms with Crippen molar-refractivity contribution in [3.05, 3.63) is 0 Å². The number of hydrogen-bond acceptors (Lipinski definition) is 5. The van der Waals surface area contributed by atoms with Gasteiger partial charge in [0.25, 0.3) is 0 Å². The molecule has 1 atom stereocenters. The van der Waals surface area contributed by atoms with Gasteiger partial charge in [0.1, 0.15) is 6.04 Å². The lowest BCUT2D eigenvalue weighted by atomic mass is 10.1. The predicted octanol–water partition coefficient (Wildman–Crippen LogP) is -0.943. The van der Waals surface area contributed by atoms with Crippen LogP contribution in [0.4, 0.5) is 4.79 Å². The first-order valence-electron chi connectivity index (χ1n) is 6.37. The number of hydrogen-bond donors (Lipinski definition) is 3. The molecule has 0 aliphatic carbocycles. The first-order chi connectivity index (χ1) is 9.70. The van der Waals surface area contributed by atoms with Crippen molar-refractivity contribution in [1.82, 2.24) is 14.9 Å². The zero-order chi connectivity index (χ0) is 16.5. The van der Waals surface area contributed by atoms with E-state index in [4.69, 9.17) is 9.84 Å². The van der Waals surface area contributed by atoms with Crippen LogP contribution in [0.15, 0.2) is 0 Å². The average Bonchev–Trinajstić information content (AvgIpc) is 2.37. The Balaban J connectivity index is 4.18. The smallest absolute Gasteiger partial charge is 0.326 e. The third kappa shape index (κ3) is 8.48. The Morgan fingerprint density at radius 2 is 1.95 bits per heavy atom. The van der Waals surface area contributed by atoms with E-state index in [2.05, 4.69) is 10.6 Å². The summed E-state index contributed by atoms with van der Waals surface area (Å²) < 4.78 is 28.8. The van der Waals surface area contributed by atoms with Crippen molar-refractivity contribution < 1.29 is 27.9 Å². The zero-order valence-corrected chi connectivity index (χ0v) is 13.3. The molecular weight excluding hydrogens is 302 g/mol. The van der Waals surface area contributed by atoms with Gasteiger partial charge >= 0.3 is 12.0 Å². The number of carboxylic acid groups (broad SMARTS) is 1. The number of nitrogens with zero attached hydrogens (tertiary/aromatic N) is 1. The van der Waals surface area contributed by atoms with Crippen molar-refractivity contribution in [3.63, 3.8) is 0 Å². The largest absolute Gasteiger partial charge is 0.480 e. The SMILES string of the molecule is COCCCC(NC(=O)NCCS(=O)(=O)N(C)C)C(=O)O. The molecule has 0 fully saturated rings. The first-order valence-corrected chi connectivity index (χ1v) is 7.98. The predicted molar refractivity (Wildman–Crippen MR) is 76.5 cm³/mol. The van der Waals surface area contributed by atoms with Gasteiger partial charge in [0, 0.05) is 34.4 Å². The highest BCUT2D eigenvalue weighted by molar-refractivity contribution is 7.89. The van der Waals surface area contributed by atoms with Crippen molar-refractivity contribution in [3.8, 4) is 0 Å². The molecule has 0 aromatic heterocycles. The first kappa shape index (κ1) is 19.6. The number of carboxylic acids is 1. The summed E-state index contributed by atoms with van der Waals surface area (Å²) in [6, 6.07) is -1.75. The number of rotatable bonds is 10. The lowest BCUT2D eigenvalue weighted by Gasteiger charge is -2.15. The highest BCUT2D eigenvalue weighted by atomic mass is 32.2. The minimum absolute atomic E-state index is 0.100. The van der Waals surface area contributed by atoms with Crippen molar-refractivity contribution in [1.29, 1.82) is 0 Å².